The van der Waals surface area contributed by atoms with Crippen LogP contribution in [0.3, 0.4) is 0 Å². The van der Waals surface area contributed by atoms with Crippen molar-refractivity contribution in [2.45, 2.75) is 13.8 Å². The SMILES string of the molecule is Cc1ccc2c(N)c(-c3nonc3C)sc2n1. The Bertz CT molecular complexity index is 701. The number of rotatable bonds is 1. The average molecular weight is 246 g/mol. The number of hydrogen-bond donors (Lipinski definition) is 1. The second-order valence-electron chi connectivity index (χ2n) is 3.85. The third kappa shape index (κ3) is 1.49. The van der Waals surface area contributed by atoms with Gasteiger partial charge in [-0.05, 0) is 31.1 Å². The number of pyridine rings is 1. The van der Waals surface area contributed by atoms with Gasteiger partial charge in [-0.25, -0.2) is 9.61 Å². The first-order chi connectivity index (χ1) is 8.16. The monoisotopic (exact) mass is 246 g/mol. The van der Waals surface area contributed by atoms with Crippen LogP contribution in [0.1, 0.15) is 11.4 Å². The third-order valence-corrected chi connectivity index (χ3v) is 3.72. The molecule has 3 rings (SSSR count). The highest BCUT2D eigenvalue weighted by atomic mass is 32.1. The van der Waals surface area contributed by atoms with Crippen molar-refractivity contribution in [2.24, 2.45) is 0 Å². The van der Waals surface area contributed by atoms with Gasteiger partial charge in [0.05, 0.1) is 10.6 Å². The fourth-order valence-electron chi connectivity index (χ4n) is 1.70. The van der Waals surface area contributed by atoms with Crippen LogP contribution in [-0.2, 0) is 0 Å². The summed E-state index contributed by atoms with van der Waals surface area (Å²) in [5, 5.41) is 8.60. The molecule has 0 fully saturated rings. The second kappa shape index (κ2) is 3.53. The van der Waals surface area contributed by atoms with E-state index in [4.69, 9.17) is 10.4 Å². The minimum atomic E-state index is 0.691. The molecule has 0 aliphatic rings. The second-order valence-corrected chi connectivity index (χ2v) is 4.85. The van der Waals surface area contributed by atoms with Crippen molar-refractivity contribution in [3.8, 4) is 10.6 Å². The summed E-state index contributed by atoms with van der Waals surface area (Å²) < 4.78 is 4.71. The minimum absolute atomic E-state index is 0.691. The first kappa shape index (κ1) is 10.2. The van der Waals surface area contributed by atoms with Gasteiger partial charge in [-0.1, -0.05) is 5.16 Å². The van der Waals surface area contributed by atoms with Crippen molar-refractivity contribution in [1.29, 1.82) is 0 Å². The van der Waals surface area contributed by atoms with Gasteiger partial charge in [0.1, 0.15) is 16.2 Å². The number of nitrogens with zero attached hydrogens (tertiary/aromatic N) is 3. The average Bonchev–Trinajstić information content (AvgIpc) is 2.83. The molecule has 5 nitrogen and oxygen atoms in total. The first-order valence-electron chi connectivity index (χ1n) is 5.12. The Morgan fingerprint density at radius 3 is 2.76 bits per heavy atom. The summed E-state index contributed by atoms with van der Waals surface area (Å²) in [6.07, 6.45) is 0. The topological polar surface area (TPSA) is 77.8 Å². The van der Waals surface area contributed by atoms with Gasteiger partial charge in [0.2, 0.25) is 0 Å². The van der Waals surface area contributed by atoms with Crippen LogP contribution < -0.4 is 5.73 Å². The fourth-order valence-corrected chi connectivity index (χ4v) is 2.88. The van der Waals surface area contributed by atoms with Gasteiger partial charge in [0, 0.05) is 11.1 Å². The number of aromatic nitrogens is 3. The van der Waals surface area contributed by atoms with Crippen molar-refractivity contribution < 1.29 is 4.63 Å². The van der Waals surface area contributed by atoms with Gasteiger partial charge in [0.15, 0.2) is 0 Å². The molecule has 0 radical (unpaired) electrons. The molecule has 0 bridgehead atoms. The van der Waals surface area contributed by atoms with Crippen LogP contribution in [0.2, 0.25) is 0 Å². The molecule has 0 saturated heterocycles. The van der Waals surface area contributed by atoms with Crippen molar-refractivity contribution >= 4 is 27.2 Å². The van der Waals surface area contributed by atoms with Crippen LogP contribution >= 0.6 is 11.3 Å². The van der Waals surface area contributed by atoms with Gasteiger partial charge in [-0.3, -0.25) is 0 Å². The number of nitrogen functional groups attached to an aromatic ring is 1. The summed E-state index contributed by atoms with van der Waals surface area (Å²) in [5.74, 6) is 0. The lowest BCUT2D eigenvalue weighted by atomic mass is 10.2. The highest BCUT2D eigenvalue weighted by Gasteiger charge is 2.17. The summed E-state index contributed by atoms with van der Waals surface area (Å²) in [6.45, 7) is 3.80. The summed E-state index contributed by atoms with van der Waals surface area (Å²) in [7, 11) is 0. The molecule has 3 heterocycles. The minimum Gasteiger partial charge on any atom is -0.397 e. The fraction of sp³-hybridized carbons (Fsp3) is 0.182. The van der Waals surface area contributed by atoms with Gasteiger partial charge in [-0.2, -0.15) is 0 Å². The summed E-state index contributed by atoms with van der Waals surface area (Å²) in [4.78, 5) is 6.25. The molecule has 0 spiro atoms. The zero-order valence-electron chi connectivity index (χ0n) is 9.39. The normalized spacial score (nSPS) is 11.2. The van der Waals surface area contributed by atoms with Crippen molar-refractivity contribution in [2.75, 3.05) is 5.73 Å². The maximum atomic E-state index is 6.11. The molecule has 2 N–H and O–H groups in total. The molecule has 3 aromatic rings. The maximum absolute atomic E-state index is 6.11. The maximum Gasteiger partial charge on any atom is 0.150 e. The summed E-state index contributed by atoms with van der Waals surface area (Å²) in [6, 6.07) is 3.93. The van der Waals surface area contributed by atoms with Crippen LogP contribution in [-0.4, -0.2) is 15.3 Å². The Balaban J connectivity index is 2.31. The predicted octanol–water partition coefficient (Wildman–Crippen LogP) is 2.55. The lowest BCUT2D eigenvalue weighted by Crippen LogP contribution is -1.87. The lowest BCUT2D eigenvalue weighted by molar-refractivity contribution is 0.306. The number of thiophene rings is 1. The Hall–Kier alpha value is -1.95. The molecule has 0 saturated carbocycles. The number of hydrogen-bond acceptors (Lipinski definition) is 6. The molecule has 0 aliphatic heterocycles. The van der Waals surface area contributed by atoms with Gasteiger partial charge < -0.3 is 5.73 Å². The van der Waals surface area contributed by atoms with E-state index in [9.17, 15) is 0 Å². The molecule has 0 unspecified atom stereocenters. The Morgan fingerprint density at radius 1 is 1.24 bits per heavy atom. The number of nitrogens with two attached hydrogens (primary N) is 1. The lowest BCUT2D eigenvalue weighted by Gasteiger charge is -1.94. The molecule has 0 amide bonds. The Labute approximate surface area is 101 Å². The van der Waals surface area contributed by atoms with E-state index in [0.717, 1.165) is 26.5 Å². The molecular formula is C11H10N4OS. The molecule has 0 atom stereocenters. The zero-order chi connectivity index (χ0) is 12.0. The Kier molecular flexibility index (Phi) is 2.12. The van der Waals surface area contributed by atoms with Crippen LogP contribution in [0.15, 0.2) is 16.8 Å². The van der Waals surface area contributed by atoms with Gasteiger partial charge >= 0.3 is 0 Å². The van der Waals surface area contributed by atoms with E-state index in [1.807, 2.05) is 26.0 Å². The van der Waals surface area contributed by atoms with Crippen molar-refractivity contribution in [3.63, 3.8) is 0 Å². The van der Waals surface area contributed by atoms with Crippen molar-refractivity contribution in [3.05, 3.63) is 23.5 Å². The van der Waals surface area contributed by atoms with Gasteiger partial charge in [-0.15, -0.1) is 11.3 Å². The van der Waals surface area contributed by atoms with Gasteiger partial charge in [0.25, 0.3) is 0 Å². The van der Waals surface area contributed by atoms with Crippen LogP contribution in [0.4, 0.5) is 5.69 Å². The number of anilines is 1. The van der Waals surface area contributed by atoms with Crippen LogP contribution in [0.5, 0.6) is 0 Å². The smallest absolute Gasteiger partial charge is 0.150 e. The standard InChI is InChI=1S/C11H10N4OS/c1-5-3-4-7-8(12)10(17-11(7)13-5)9-6(2)14-16-15-9/h3-4H,12H2,1-2H3. The van der Waals surface area contributed by atoms with E-state index in [2.05, 4.69) is 15.3 Å². The van der Waals surface area contributed by atoms with Crippen LogP contribution in [0, 0.1) is 13.8 Å². The van der Waals surface area contributed by atoms with E-state index >= 15 is 0 Å². The van der Waals surface area contributed by atoms with E-state index < -0.39 is 0 Å². The molecule has 86 valence electrons. The van der Waals surface area contributed by atoms with Crippen molar-refractivity contribution in [1.82, 2.24) is 15.3 Å². The predicted molar refractivity (Wildman–Crippen MR) is 66.8 cm³/mol. The van der Waals surface area contributed by atoms with Crippen LogP contribution in [0.25, 0.3) is 20.8 Å². The highest BCUT2D eigenvalue weighted by molar-refractivity contribution is 7.22. The Morgan fingerprint density at radius 2 is 2.06 bits per heavy atom. The highest BCUT2D eigenvalue weighted by Crippen LogP contribution is 2.39. The molecule has 17 heavy (non-hydrogen) atoms. The van der Waals surface area contributed by atoms with E-state index in [1.165, 1.54) is 11.3 Å². The molecule has 0 aliphatic carbocycles. The molecule has 3 aromatic heterocycles. The largest absolute Gasteiger partial charge is 0.397 e. The third-order valence-electron chi connectivity index (χ3n) is 2.60. The van der Waals surface area contributed by atoms with E-state index in [0.29, 0.717) is 11.4 Å². The summed E-state index contributed by atoms with van der Waals surface area (Å²) >= 11 is 1.51. The van der Waals surface area contributed by atoms with E-state index in [1.54, 1.807) is 0 Å². The number of fused-ring (bicyclic) bond motifs is 1. The zero-order valence-corrected chi connectivity index (χ0v) is 10.2. The number of aryl methyl sites for hydroxylation is 2. The molecule has 0 aromatic carbocycles. The molecular weight excluding hydrogens is 236 g/mol. The first-order valence-corrected chi connectivity index (χ1v) is 5.93. The quantitative estimate of drug-likeness (QED) is 0.713. The van der Waals surface area contributed by atoms with E-state index in [-0.39, 0.29) is 0 Å². The summed E-state index contributed by atoms with van der Waals surface area (Å²) in [5.41, 5.74) is 9.21. The molecule has 6 heteroatoms.